The van der Waals surface area contributed by atoms with E-state index in [2.05, 4.69) is 200 Å². The summed E-state index contributed by atoms with van der Waals surface area (Å²) in [5.41, 5.74) is 11.7. The molecular weight excluding hydrogens is 699 g/mol. The molecular formula is C52H33N3S. The molecule has 0 aliphatic heterocycles. The van der Waals surface area contributed by atoms with Crippen LogP contribution in [0.3, 0.4) is 0 Å². The minimum absolute atomic E-state index is 0.620. The third kappa shape index (κ3) is 4.93. The molecule has 1 aliphatic rings. The van der Waals surface area contributed by atoms with Crippen LogP contribution in [0.15, 0.2) is 200 Å². The molecule has 10 aromatic rings. The first-order valence-electron chi connectivity index (χ1n) is 19.0. The van der Waals surface area contributed by atoms with Gasteiger partial charge >= 0.3 is 0 Å². The highest BCUT2D eigenvalue weighted by Gasteiger charge is 2.47. The lowest BCUT2D eigenvalue weighted by Gasteiger charge is -2.35. The minimum atomic E-state index is -0.620. The number of nitrogens with zero attached hydrogens (tertiary/aromatic N) is 3. The van der Waals surface area contributed by atoms with Gasteiger partial charge in [-0.1, -0.05) is 188 Å². The molecule has 2 aromatic heterocycles. The largest absolute Gasteiger partial charge is 0.208 e. The van der Waals surface area contributed by atoms with E-state index < -0.39 is 5.41 Å². The summed E-state index contributed by atoms with van der Waals surface area (Å²) in [7, 11) is 0. The normalized spacial score (nSPS) is 12.8. The van der Waals surface area contributed by atoms with E-state index in [1.807, 2.05) is 0 Å². The number of rotatable bonds is 6. The van der Waals surface area contributed by atoms with Crippen molar-refractivity contribution in [2.75, 3.05) is 0 Å². The molecule has 0 fully saturated rings. The summed E-state index contributed by atoms with van der Waals surface area (Å²) >= 11 is 1.79. The molecule has 0 spiro atoms. The first-order chi connectivity index (χ1) is 27.8. The number of benzene rings is 8. The number of aromatic nitrogens is 3. The lowest BCUT2D eigenvalue weighted by atomic mass is 9.66. The second-order valence-corrected chi connectivity index (χ2v) is 15.3. The van der Waals surface area contributed by atoms with Gasteiger partial charge in [0.05, 0.1) is 5.41 Å². The second-order valence-electron chi connectivity index (χ2n) is 14.3. The summed E-state index contributed by atoms with van der Waals surface area (Å²) in [6.07, 6.45) is 0. The smallest absolute Gasteiger partial charge is 0.165 e. The van der Waals surface area contributed by atoms with Gasteiger partial charge in [0.2, 0.25) is 0 Å². The predicted octanol–water partition coefficient (Wildman–Crippen LogP) is 13.3. The lowest BCUT2D eigenvalue weighted by molar-refractivity contribution is 0.769. The molecule has 4 heteroatoms. The quantitative estimate of drug-likeness (QED) is 0.171. The highest BCUT2D eigenvalue weighted by Crippen LogP contribution is 2.58. The molecule has 8 aromatic carbocycles. The van der Waals surface area contributed by atoms with Crippen LogP contribution >= 0.6 is 11.3 Å². The average Bonchev–Trinajstić information content (AvgIpc) is 3.81. The fraction of sp³-hybridized carbons (Fsp3) is 0.0192. The van der Waals surface area contributed by atoms with Gasteiger partial charge in [-0.3, -0.25) is 0 Å². The molecule has 262 valence electrons. The molecule has 1 aliphatic carbocycles. The number of hydrogen-bond acceptors (Lipinski definition) is 4. The molecule has 0 saturated carbocycles. The topological polar surface area (TPSA) is 38.7 Å². The van der Waals surface area contributed by atoms with E-state index in [1.54, 1.807) is 11.3 Å². The van der Waals surface area contributed by atoms with Crippen LogP contribution in [0.1, 0.15) is 22.3 Å². The Bertz CT molecular complexity index is 3040. The third-order valence-electron chi connectivity index (χ3n) is 11.2. The Morgan fingerprint density at radius 3 is 1.55 bits per heavy atom. The van der Waals surface area contributed by atoms with Crippen LogP contribution < -0.4 is 0 Å². The molecule has 0 bridgehead atoms. The van der Waals surface area contributed by atoms with Crippen molar-refractivity contribution in [3.05, 3.63) is 222 Å². The second kappa shape index (κ2) is 13.1. The fourth-order valence-corrected chi connectivity index (χ4v) is 10.1. The van der Waals surface area contributed by atoms with E-state index in [0.717, 1.165) is 27.8 Å². The Morgan fingerprint density at radius 2 is 0.821 bits per heavy atom. The lowest BCUT2D eigenvalue weighted by Crippen LogP contribution is -2.29. The van der Waals surface area contributed by atoms with Gasteiger partial charge in [0.15, 0.2) is 17.5 Å². The standard InChI is InChI=1S/C52H33N3S/c1-4-18-34(19-5-1)37-24-10-11-27-42(37)49-53-50(55-51(54-49)44-31-17-29-41-39-26-13-15-33-46(39)56-48(41)44)43-30-16-28-40-38-25-12-14-32-45(38)52(47(40)43,35-20-6-2-7-21-35)36-22-8-3-9-23-36/h1-33H. The Morgan fingerprint density at radius 1 is 0.339 bits per heavy atom. The zero-order chi connectivity index (χ0) is 37.1. The van der Waals surface area contributed by atoms with Gasteiger partial charge in [0.1, 0.15) is 0 Å². The van der Waals surface area contributed by atoms with Gasteiger partial charge in [-0.05, 0) is 56.6 Å². The van der Waals surface area contributed by atoms with Crippen molar-refractivity contribution in [2.24, 2.45) is 0 Å². The maximum Gasteiger partial charge on any atom is 0.165 e. The van der Waals surface area contributed by atoms with Crippen LogP contribution in [-0.4, -0.2) is 15.0 Å². The third-order valence-corrected chi connectivity index (χ3v) is 12.5. The van der Waals surface area contributed by atoms with E-state index in [0.29, 0.717) is 17.5 Å². The van der Waals surface area contributed by atoms with Crippen LogP contribution in [0.2, 0.25) is 0 Å². The Balaban J connectivity index is 1.25. The Kier molecular flexibility index (Phi) is 7.58. The maximum absolute atomic E-state index is 5.50. The summed E-state index contributed by atoms with van der Waals surface area (Å²) < 4.78 is 2.41. The van der Waals surface area contributed by atoms with Crippen LogP contribution in [-0.2, 0) is 5.41 Å². The van der Waals surface area contributed by atoms with Crippen molar-refractivity contribution in [3.8, 4) is 56.4 Å². The van der Waals surface area contributed by atoms with E-state index in [9.17, 15) is 0 Å². The Hall–Kier alpha value is -7.01. The molecule has 3 nitrogen and oxygen atoms in total. The first kappa shape index (κ1) is 32.4. The van der Waals surface area contributed by atoms with Gasteiger partial charge in [-0.2, -0.15) is 0 Å². The monoisotopic (exact) mass is 731 g/mol. The van der Waals surface area contributed by atoms with Gasteiger partial charge in [-0.15, -0.1) is 11.3 Å². The summed E-state index contributed by atoms with van der Waals surface area (Å²) in [6.45, 7) is 0. The number of fused-ring (bicyclic) bond motifs is 6. The molecule has 2 heterocycles. The van der Waals surface area contributed by atoms with Gasteiger partial charge in [0, 0.05) is 36.9 Å². The van der Waals surface area contributed by atoms with Gasteiger partial charge in [-0.25, -0.2) is 15.0 Å². The van der Waals surface area contributed by atoms with Crippen molar-refractivity contribution in [3.63, 3.8) is 0 Å². The van der Waals surface area contributed by atoms with Crippen molar-refractivity contribution >= 4 is 31.5 Å². The van der Waals surface area contributed by atoms with Gasteiger partial charge in [0.25, 0.3) is 0 Å². The molecule has 0 saturated heterocycles. The molecule has 0 radical (unpaired) electrons. The predicted molar refractivity (Wildman–Crippen MR) is 232 cm³/mol. The average molecular weight is 732 g/mol. The summed E-state index contributed by atoms with van der Waals surface area (Å²) in [4.78, 5) is 16.4. The molecule has 0 amide bonds. The van der Waals surface area contributed by atoms with Crippen LogP contribution in [0, 0.1) is 0 Å². The van der Waals surface area contributed by atoms with Crippen LogP contribution in [0.25, 0.3) is 76.6 Å². The van der Waals surface area contributed by atoms with Crippen molar-refractivity contribution in [1.29, 1.82) is 0 Å². The fourth-order valence-electron chi connectivity index (χ4n) is 8.90. The van der Waals surface area contributed by atoms with Crippen LogP contribution in [0.4, 0.5) is 0 Å². The zero-order valence-corrected chi connectivity index (χ0v) is 31.1. The summed E-state index contributed by atoms with van der Waals surface area (Å²) in [5, 5.41) is 2.45. The van der Waals surface area contributed by atoms with Crippen LogP contribution in [0.5, 0.6) is 0 Å². The molecule has 0 atom stereocenters. The molecule has 56 heavy (non-hydrogen) atoms. The highest BCUT2D eigenvalue weighted by atomic mass is 32.1. The summed E-state index contributed by atoms with van der Waals surface area (Å²) in [6, 6.07) is 71.4. The highest BCUT2D eigenvalue weighted by molar-refractivity contribution is 7.26. The number of hydrogen-bond donors (Lipinski definition) is 0. The van der Waals surface area contributed by atoms with E-state index in [4.69, 9.17) is 15.0 Å². The summed E-state index contributed by atoms with van der Waals surface area (Å²) in [5.74, 6) is 1.94. The van der Waals surface area contributed by atoms with Gasteiger partial charge < -0.3 is 0 Å². The number of thiophene rings is 1. The van der Waals surface area contributed by atoms with Crippen molar-refractivity contribution < 1.29 is 0 Å². The SMILES string of the molecule is c1ccc(-c2ccccc2-c2nc(-c3cccc4c3C(c3ccccc3)(c3ccccc3)c3ccccc3-4)nc(-c3cccc4c3sc3ccccc34)n2)cc1. The zero-order valence-electron chi connectivity index (χ0n) is 30.3. The van der Waals surface area contributed by atoms with Crippen molar-refractivity contribution in [2.45, 2.75) is 5.41 Å². The van der Waals surface area contributed by atoms with E-state index in [-0.39, 0.29) is 0 Å². The minimum Gasteiger partial charge on any atom is -0.208 e. The van der Waals surface area contributed by atoms with Crippen molar-refractivity contribution in [1.82, 2.24) is 15.0 Å². The maximum atomic E-state index is 5.50. The first-order valence-corrected chi connectivity index (χ1v) is 19.8. The van der Waals surface area contributed by atoms with E-state index in [1.165, 1.54) is 53.6 Å². The Labute approximate surface area is 329 Å². The molecule has 0 unspecified atom stereocenters. The van der Waals surface area contributed by atoms with E-state index >= 15 is 0 Å². The molecule has 11 rings (SSSR count). The molecule has 0 N–H and O–H groups in total.